The Bertz CT molecular complexity index is 920. The average Bonchev–Trinajstić information content (AvgIpc) is 2.56. The van der Waals surface area contributed by atoms with Crippen molar-refractivity contribution in [2.24, 2.45) is 4.99 Å². The molecule has 0 aromatic heterocycles. The summed E-state index contributed by atoms with van der Waals surface area (Å²) in [6.45, 7) is 3.95. The number of aryl methyl sites for hydroxylation is 2. The number of benzene rings is 2. The second-order valence-electron chi connectivity index (χ2n) is 5.81. The predicted octanol–water partition coefficient (Wildman–Crippen LogP) is 3.90. The summed E-state index contributed by atoms with van der Waals surface area (Å²) in [5.41, 5.74) is 4.56. The number of aliphatic imine (C=N–C) groups is 1. The molecule has 2 aromatic carbocycles. The van der Waals surface area contributed by atoms with Gasteiger partial charge in [-0.1, -0.05) is 0 Å². The van der Waals surface area contributed by atoms with Crippen molar-refractivity contribution in [3.05, 3.63) is 69.6 Å². The molecule has 0 spiro atoms. The van der Waals surface area contributed by atoms with Gasteiger partial charge >= 0.3 is 151 Å². The molecule has 0 unspecified atom stereocenters. The second-order valence-corrected chi connectivity index (χ2v) is 6.79. The molecule has 0 radical (unpaired) electrons. The monoisotopic (exact) mass is 353 g/mol. The number of methoxy groups -OCH3 is 1. The molecule has 0 amide bonds. The summed E-state index contributed by atoms with van der Waals surface area (Å²) in [4.78, 5) is 4.52. The zero-order valence-electron chi connectivity index (χ0n) is 14.3. The van der Waals surface area contributed by atoms with E-state index in [9.17, 15) is 9.50 Å². The number of aliphatic hydroxyl groups excluding tert-OH is 1. The fourth-order valence-corrected chi connectivity index (χ4v) is 3.76. The van der Waals surface area contributed by atoms with Crippen LogP contribution in [0.3, 0.4) is 0 Å². The Morgan fingerprint density at radius 2 is 1.84 bits per heavy atom. The Hall–Kier alpha value is -2.34. The third-order valence-corrected chi connectivity index (χ3v) is 4.85. The Kier molecular flexibility index (Phi) is 4.81. The van der Waals surface area contributed by atoms with Crippen molar-refractivity contribution >= 4 is 35.5 Å². The van der Waals surface area contributed by atoms with Crippen LogP contribution in [0.1, 0.15) is 22.3 Å². The number of aliphatic hydroxyl groups is 1. The van der Waals surface area contributed by atoms with E-state index in [4.69, 9.17) is 4.74 Å². The first-order valence-corrected chi connectivity index (χ1v) is 8.53. The van der Waals surface area contributed by atoms with Gasteiger partial charge in [-0.05, 0) is 0 Å². The van der Waals surface area contributed by atoms with E-state index in [1.54, 1.807) is 19.2 Å². The molecule has 0 saturated heterocycles. The topological polar surface area (TPSA) is 41.8 Å². The zero-order chi connectivity index (χ0) is 18.1. The van der Waals surface area contributed by atoms with Crippen molar-refractivity contribution in [2.45, 2.75) is 13.8 Å². The summed E-state index contributed by atoms with van der Waals surface area (Å²) in [6.07, 6.45) is 0. The molecule has 6 heteroatoms. The summed E-state index contributed by atoms with van der Waals surface area (Å²) in [7, 11) is 5.60. The fourth-order valence-electron chi connectivity index (χ4n) is 2.84. The first-order valence-electron chi connectivity index (χ1n) is 7.71. The average molecular weight is 353 g/mol. The van der Waals surface area contributed by atoms with Crippen LogP contribution in [0.4, 0.5) is 4.39 Å². The molecule has 0 fully saturated rings. The fraction of sp³-hybridized carbons (Fsp3) is 0.158. The van der Waals surface area contributed by atoms with E-state index in [0.717, 1.165) is 34.0 Å². The van der Waals surface area contributed by atoms with E-state index < -0.39 is 0 Å². The Balaban J connectivity index is 2.05. The van der Waals surface area contributed by atoms with Crippen LogP contribution in [-0.4, -0.2) is 30.3 Å². The SMILES string of the molecule is B=C1N=C(c2ccc(F)cc2)SC(O)=C1c1c(C)cc(C)cc1OC. The van der Waals surface area contributed by atoms with Gasteiger partial charge in [-0.25, -0.2) is 0 Å². The summed E-state index contributed by atoms with van der Waals surface area (Å²) < 4.78 is 18.6. The third-order valence-electron chi connectivity index (χ3n) is 3.94. The molecule has 0 saturated carbocycles. The van der Waals surface area contributed by atoms with Crippen LogP contribution in [-0.2, 0) is 0 Å². The first kappa shape index (κ1) is 17.5. The second kappa shape index (κ2) is 6.88. The molecule has 1 heterocycles. The number of halogens is 1. The van der Waals surface area contributed by atoms with Gasteiger partial charge in [-0.2, -0.15) is 0 Å². The third kappa shape index (κ3) is 3.40. The maximum absolute atomic E-state index is 13.1. The van der Waals surface area contributed by atoms with Gasteiger partial charge in [0.05, 0.1) is 0 Å². The summed E-state index contributed by atoms with van der Waals surface area (Å²) in [6, 6.07) is 9.93. The molecule has 3 rings (SSSR count). The summed E-state index contributed by atoms with van der Waals surface area (Å²) in [5.74, 6) is 0.352. The predicted molar refractivity (Wildman–Crippen MR) is 105 cm³/mol. The van der Waals surface area contributed by atoms with Crippen LogP contribution < -0.4 is 4.74 Å². The van der Waals surface area contributed by atoms with Crippen LogP contribution >= 0.6 is 11.8 Å². The van der Waals surface area contributed by atoms with Crippen LogP contribution in [0, 0.1) is 19.7 Å². The number of thioether (sulfide) groups is 1. The van der Waals surface area contributed by atoms with Crippen molar-refractivity contribution < 1.29 is 14.2 Å². The van der Waals surface area contributed by atoms with E-state index in [1.807, 2.05) is 26.0 Å². The van der Waals surface area contributed by atoms with Crippen LogP contribution in [0.25, 0.3) is 5.57 Å². The van der Waals surface area contributed by atoms with Gasteiger partial charge in [0.2, 0.25) is 0 Å². The molecule has 1 N–H and O–H groups in total. The minimum atomic E-state index is -0.315. The van der Waals surface area contributed by atoms with Crippen molar-refractivity contribution in [2.75, 3.05) is 7.11 Å². The molecule has 3 nitrogen and oxygen atoms in total. The Morgan fingerprint density at radius 3 is 2.44 bits per heavy atom. The van der Waals surface area contributed by atoms with Gasteiger partial charge < -0.3 is 0 Å². The van der Waals surface area contributed by atoms with Crippen molar-refractivity contribution in [3.63, 3.8) is 0 Å². The van der Waals surface area contributed by atoms with E-state index in [-0.39, 0.29) is 10.9 Å². The maximum atomic E-state index is 13.1. The van der Waals surface area contributed by atoms with Crippen molar-refractivity contribution in [1.29, 1.82) is 0 Å². The number of hydrogen-bond donors (Lipinski definition) is 1. The van der Waals surface area contributed by atoms with Gasteiger partial charge in [-0.3, -0.25) is 0 Å². The van der Waals surface area contributed by atoms with Gasteiger partial charge in [0.25, 0.3) is 0 Å². The normalized spacial score (nSPS) is 14.5. The van der Waals surface area contributed by atoms with Gasteiger partial charge in [0, 0.05) is 0 Å². The quantitative estimate of drug-likeness (QED) is 0.851. The van der Waals surface area contributed by atoms with E-state index in [2.05, 4.69) is 12.5 Å². The van der Waals surface area contributed by atoms with Crippen LogP contribution in [0.15, 0.2) is 46.5 Å². The Labute approximate surface area is 151 Å². The molecule has 25 heavy (non-hydrogen) atoms. The molecule has 2 aromatic rings. The van der Waals surface area contributed by atoms with Gasteiger partial charge in [0.15, 0.2) is 0 Å². The van der Waals surface area contributed by atoms with Crippen LogP contribution in [0.5, 0.6) is 5.75 Å². The Morgan fingerprint density at radius 1 is 1.16 bits per heavy atom. The molecular formula is C19H17BFNO2S. The van der Waals surface area contributed by atoms with E-state index >= 15 is 0 Å². The van der Waals surface area contributed by atoms with E-state index in [1.165, 1.54) is 12.1 Å². The first-order chi connectivity index (χ1) is 11.9. The number of hydrogen-bond acceptors (Lipinski definition) is 4. The summed E-state index contributed by atoms with van der Waals surface area (Å²) in [5, 5.41) is 11.3. The summed E-state index contributed by atoms with van der Waals surface area (Å²) >= 11 is 1.13. The van der Waals surface area contributed by atoms with Gasteiger partial charge in [-0.15, -0.1) is 0 Å². The molecule has 126 valence electrons. The van der Waals surface area contributed by atoms with Crippen molar-refractivity contribution in [3.8, 4) is 5.75 Å². The molecule has 1 aliphatic rings. The van der Waals surface area contributed by atoms with Crippen molar-refractivity contribution in [1.82, 2.24) is 0 Å². The van der Waals surface area contributed by atoms with E-state index in [0.29, 0.717) is 22.0 Å². The standard InChI is InChI=1S/C19H17BFNO2S/c1-10-8-11(2)15(14(9-10)24-3)16-17(20)22-18(25-19(16)23)12-4-6-13(21)7-5-12/h4-9,20,23H,1-3H3. The minimum absolute atomic E-state index is 0.101. The molecule has 1 aliphatic heterocycles. The molecule has 0 aliphatic carbocycles. The molecule has 0 bridgehead atoms. The number of rotatable bonds is 3. The van der Waals surface area contributed by atoms with Crippen LogP contribution in [0.2, 0.25) is 0 Å². The molecule has 0 atom stereocenters. The molecular weight excluding hydrogens is 336 g/mol. The van der Waals surface area contributed by atoms with Gasteiger partial charge in [0.1, 0.15) is 0 Å². The number of ether oxygens (including phenoxy) is 1. The number of nitrogens with zero attached hydrogens (tertiary/aromatic N) is 1. The zero-order valence-corrected chi connectivity index (χ0v) is 15.1.